The zero-order valence-corrected chi connectivity index (χ0v) is 20.0. The van der Waals surface area contributed by atoms with Gasteiger partial charge < -0.3 is 19.4 Å². The Bertz CT molecular complexity index is 915. The SMILES string of the molecule is CC(C)CC(CC(=O)N1CCOCC1)C(=O)N1CCC2C1C(=O)CN2C(=O)Cc1cccnc1. The van der Waals surface area contributed by atoms with E-state index in [1.54, 1.807) is 33.2 Å². The summed E-state index contributed by atoms with van der Waals surface area (Å²) in [4.78, 5) is 61.5. The van der Waals surface area contributed by atoms with Crippen molar-refractivity contribution < 1.29 is 23.9 Å². The van der Waals surface area contributed by atoms with Crippen LogP contribution < -0.4 is 0 Å². The van der Waals surface area contributed by atoms with Crippen LogP contribution in [0.5, 0.6) is 0 Å². The smallest absolute Gasteiger partial charge is 0.227 e. The van der Waals surface area contributed by atoms with E-state index in [0.29, 0.717) is 45.7 Å². The third-order valence-corrected chi connectivity index (χ3v) is 6.99. The van der Waals surface area contributed by atoms with Gasteiger partial charge in [0.1, 0.15) is 6.04 Å². The Morgan fingerprint density at radius 2 is 1.88 bits per heavy atom. The van der Waals surface area contributed by atoms with Gasteiger partial charge >= 0.3 is 0 Å². The van der Waals surface area contributed by atoms with Crippen molar-refractivity contribution in [2.24, 2.45) is 11.8 Å². The second-order valence-electron chi connectivity index (χ2n) is 9.88. The molecular weight excluding hydrogens is 436 g/mol. The summed E-state index contributed by atoms with van der Waals surface area (Å²) >= 11 is 0. The summed E-state index contributed by atoms with van der Waals surface area (Å²) < 4.78 is 5.33. The fraction of sp³-hybridized carbons (Fsp3) is 0.640. The van der Waals surface area contributed by atoms with Gasteiger partial charge in [-0.05, 0) is 30.4 Å². The number of amides is 3. The highest BCUT2D eigenvalue weighted by Crippen LogP contribution is 2.33. The molecule has 3 aliphatic rings. The van der Waals surface area contributed by atoms with E-state index in [-0.39, 0.29) is 54.9 Å². The molecular formula is C25H34N4O5. The second-order valence-corrected chi connectivity index (χ2v) is 9.88. The quantitative estimate of drug-likeness (QED) is 0.588. The van der Waals surface area contributed by atoms with E-state index in [2.05, 4.69) is 4.98 Å². The molecule has 3 amide bonds. The average molecular weight is 471 g/mol. The number of hydrogen-bond donors (Lipinski definition) is 0. The molecule has 0 aromatic carbocycles. The van der Waals surface area contributed by atoms with Crippen molar-refractivity contribution in [2.75, 3.05) is 39.4 Å². The largest absolute Gasteiger partial charge is 0.378 e. The predicted octanol–water partition coefficient (Wildman–Crippen LogP) is 0.916. The lowest BCUT2D eigenvalue weighted by Gasteiger charge is -2.31. The molecule has 184 valence electrons. The van der Waals surface area contributed by atoms with E-state index in [4.69, 9.17) is 4.74 Å². The summed E-state index contributed by atoms with van der Waals surface area (Å²) in [5, 5.41) is 0. The monoisotopic (exact) mass is 470 g/mol. The van der Waals surface area contributed by atoms with Crippen LogP contribution in [0, 0.1) is 11.8 Å². The molecule has 0 saturated carbocycles. The van der Waals surface area contributed by atoms with Gasteiger partial charge in [0.05, 0.1) is 32.2 Å². The summed E-state index contributed by atoms with van der Waals surface area (Å²) in [6.45, 7) is 6.64. The highest BCUT2D eigenvalue weighted by molar-refractivity contribution is 5.98. The van der Waals surface area contributed by atoms with Crippen LogP contribution in [0.1, 0.15) is 38.7 Å². The molecule has 3 atom stereocenters. The maximum atomic E-state index is 13.6. The number of morpholine rings is 1. The van der Waals surface area contributed by atoms with Crippen LogP contribution in [0.15, 0.2) is 24.5 Å². The van der Waals surface area contributed by atoms with E-state index in [1.807, 2.05) is 19.9 Å². The third kappa shape index (κ3) is 5.29. The molecule has 3 saturated heterocycles. The first-order chi connectivity index (χ1) is 16.3. The van der Waals surface area contributed by atoms with E-state index < -0.39 is 12.0 Å². The summed E-state index contributed by atoms with van der Waals surface area (Å²) in [5.41, 5.74) is 0.799. The van der Waals surface area contributed by atoms with Gasteiger partial charge in [-0.1, -0.05) is 19.9 Å². The number of ketones is 1. The Morgan fingerprint density at radius 1 is 1.12 bits per heavy atom. The zero-order valence-electron chi connectivity index (χ0n) is 20.0. The normalized spacial score (nSPS) is 23.4. The van der Waals surface area contributed by atoms with Gasteiger partial charge in [-0.25, -0.2) is 0 Å². The molecule has 1 aromatic heterocycles. The molecule has 4 rings (SSSR count). The molecule has 0 bridgehead atoms. The fourth-order valence-corrected chi connectivity index (χ4v) is 5.40. The van der Waals surface area contributed by atoms with Crippen LogP contribution in [0.2, 0.25) is 0 Å². The lowest BCUT2D eigenvalue weighted by Crippen LogP contribution is -2.47. The van der Waals surface area contributed by atoms with Crippen LogP contribution in [0.25, 0.3) is 0 Å². The number of aromatic nitrogens is 1. The number of likely N-dealkylation sites (tertiary alicyclic amines) is 2. The van der Waals surface area contributed by atoms with Crippen molar-refractivity contribution in [2.45, 2.75) is 51.6 Å². The Kier molecular flexibility index (Phi) is 7.60. The topological polar surface area (TPSA) is 100 Å². The molecule has 0 N–H and O–H groups in total. The summed E-state index contributed by atoms with van der Waals surface area (Å²) in [7, 11) is 0. The van der Waals surface area contributed by atoms with Crippen molar-refractivity contribution >= 4 is 23.5 Å². The van der Waals surface area contributed by atoms with E-state index in [9.17, 15) is 19.2 Å². The Labute approximate surface area is 200 Å². The number of nitrogens with zero attached hydrogens (tertiary/aromatic N) is 4. The number of fused-ring (bicyclic) bond motifs is 1. The Morgan fingerprint density at radius 3 is 2.56 bits per heavy atom. The lowest BCUT2D eigenvalue weighted by molar-refractivity contribution is -0.145. The standard InChI is InChI=1S/C25H34N4O5/c1-17(2)12-19(14-22(31)27-8-10-34-11-9-27)25(33)28-7-5-20-24(28)21(30)16-29(20)23(32)13-18-4-3-6-26-15-18/h3-4,6,15,17,19-20,24H,5,7-14,16H2,1-2H3. The van der Waals surface area contributed by atoms with Crippen LogP contribution in [0.4, 0.5) is 0 Å². The molecule has 0 radical (unpaired) electrons. The van der Waals surface area contributed by atoms with Gasteiger partial charge in [0.25, 0.3) is 0 Å². The van der Waals surface area contributed by atoms with Crippen molar-refractivity contribution in [3.8, 4) is 0 Å². The first-order valence-electron chi connectivity index (χ1n) is 12.2. The number of rotatable bonds is 7. The number of pyridine rings is 1. The molecule has 34 heavy (non-hydrogen) atoms. The minimum Gasteiger partial charge on any atom is -0.378 e. The van der Waals surface area contributed by atoms with Crippen molar-refractivity contribution in [3.63, 3.8) is 0 Å². The van der Waals surface area contributed by atoms with Gasteiger partial charge in [0, 0.05) is 44.4 Å². The first-order valence-corrected chi connectivity index (χ1v) is 12.2. The Balaban J connectivity index is 1.44. The second kappa shape index (κ2) is 10.6. The van der Waals surface area contributed by atoms with Crippen molar-refractivity contribution in [1.29, 1.82) is 0 Å². The van der Waals surface area contributed by atoms with Crippen molar-refractivity contribution in [1.82, 2.24) is 19.7 Å². The number of ether oxygens (including phenoxy) is 1. The molecule has 1 aromatic rings. The van der Waals surface area contributed by atoms with Crippen LogP contribution in [0.3, 0.4) is 0 Å². The number of carbonyl (C=O) groups is 4. The maximum Gasteiger partial charge on any atom is 0.227 e. The minimum absolute atomic E-state index is 0.0275. The molecule has 0 spiro atoms. The molecule has 3 aliphatic heterocycles. The van der Waals surface area contributed by atoms with Crippen LogP contribution in [-0.2, 0) is 30.3 Å². The van der Waals surface area contributed by atoms with Gasteiger partial charge in [-0.15, -0.1) is 0 Å². The molecule has 3 unspecified atom stereocenters. The number of hydrogen-bond acceptors (Lipinski definition) is 6. The zero-order chi connectivity index (χ0) is 24.2. The average Bonchev–Trinajstić information content (AvgIpc) is 3.40. The van der Waals surface area contributed by atoms with E-state index >= 15 is 0 Å². The summed E-state index contributed by atoms with van der Waals surface area (Å²) in [6, 6.07) is 2.71. The first kappa shape index (κ1) is 24.3. The number of carbonyl (C=O) groups excluding carboxylic acids is 4. The van der Waals surface area contributed by atoms with E-state index in [0.717, 1.165) is 5.56 Å². The maximum absolute atomic E-state index is 13.6. The van der Waals surface area contributed by atoms with Gasteiger partial charge in [0.15, 0.2) is 5.78 Å². The van der Waals surface area contributed by atoms with Gasteiger partial charge in [-0.3, -0.25) is 24.2 Å². The van der Waals surface area contributed by atoms with Gasteiger partial charge in [-0.2, -0.15) is 0 Å². The number of Topliss-reactive ketones (excluding diaryl/α,β-unsaturated/α-hetero) is 1. The summed E-state index contributed by atoms with van der Waals surface area (Å²) in [5.74, 6) is -0.631. The van der Waals surface area contributed by atoms with Crippen molar-refractivity contribution in [3.05, 3.63) is 30.1 Å². The Hall–Kier alpha value is -2.81. The lowest BCUT2D eigenvalue weighted by atomic mass is 9.91. The molecule has 9 heteroatoms. The highest BCUT2D eigenvalue weighted by atomic mass is 16.5. The highest BCUT2D eigenvalue weighted by Gasteiger charge is 2.52. The fourth-order valence-electron chi connectivity index (χ4n) is 5.40. The predicted molar refractivity (Wildman–Crippen MR) is 124 cm³/mol. The molecule has 4 heterocycles. The third-order valence-electron chi connectivity index (χ3n) is 6.99. The van der Waals surface area contributed by atoms with Gasteiger partial charge in [0.2, 0.25) is 17.7 Å². The molecule has 0 aliphatic carbocycles. The molecule has 9 nitrogen and oxygen atoms in total. The molecule has 3 fully saturated rings. The van der Waals surface area contributed by atoms with E-state index in [1.165, 1.54) is 0 Å². The minimum atomic E-state index is -0.613. The van der Waals surface area contributed by atoms with Crippen LogP contribution >= 0.6 is 0 Å². The van der Waals surface area contributed by atoms with Crippen LogP contribution in [-0.4, -0.2) is 94.7 Å². The summed E-state index contributed by atoms with van der Waals surface area (Å²) in [6.07, 6.45) is 4.79.